The van der Waals surface area contributed by atoms with Crippen molar-refractivity contribution in [2.24, 2.45) is 0 Å². The van der Waals surface area contributed by atoms with Gasteiger partial charge >= 0.3 is 40.5 Å². The number of hydrogen-bond donors (Lipinski definition) is 2. The first-order valence-corrected chi connectivity index (χ1v) is 12.3. The Morgan fingerprint density at radius 3 is 1.53 bits per heavy atom. The molecule has 0 spiro atoms. The summed E-state index contributed by atoms with van der Waals surface area (Å²) in [4.78, 5) is 24.0. The van der Waals surface area contributed by atoms with Crippen molar-refractivity contribution in [1.29, 1.82) is 0 Å². The van der Waals surface area contributed by atoms with Crippen LogP contribution in [0.15, 0.2) is 54.7 Å². The molecule has 0 fully saturated rings. The molecule has 2 aromatic carbocycles. The number of para-hydroxylation sites is 1. The van der Waals surface area contributed by atoms with Crippen LogP contribution in [0, 0.1) is 0 Å². The van der Waals surface area contributed by atoms with E-state index in [1.165, 1.54) is 16.2 Å². The molecule has 195 valence electrons. The van der Waals surface area contributed by atoms with Crippen LogP contribution in [0.25, 0.3) is 34.0 Å². The van der Waals surface area contributed by atoms with Crippen LogP contribution in [-0.4, -0.2) is 38.7 Å². The summed E-state index contributed by atoms with van der Waals surface area (Å²) < 4.78 is 8.71. The van der Waals surface area contributed by atoms with Crippen molar-refractivity contribution >= 4 is 43.4 Å². The zero-order valence-electron chi connectivity index (χ0n) is 20.0. The Morgan fingerprint density at radius 2 is 1.15 bits per heavy atom. The molecule has 0 aliphatic carbocycles. The number of ether oxygens (including phenoxy) is 2. The van der Waals surface area contributed by atoms with Crippen LogP contribution >= 0.6 is 9.42 Å². The molecule has 3 aromatic rings. The maximum absolute atomic E-state index is 9.79. The van der Waals surface area contributed by atoms with Crippen molar-refractivity contribution in [3.63, 3.8) is 0 Å². The Morgan fingerprint density at radius 1 is 0.765 bits per heavy atom. The predicted molar refractivity (Wildman–Crippen MR) is 133 cm³/mol. The second kappa shape index (κ2) is 17.1. The molecular weight excluding hydrogens is 645 g/mol. The third-order valence-corrected chi connectivity index (χ3v) is 3.28. The van der Waals surface area contributed by atoms with Crippen LogP contribution < -0.4 is 0 Å². The largest absolute Gasteiger partial charge is 0.693 e. The first-order valence-electron chi connectivity index (χ1n) is 9.47. The van der Waals surface area contributed by atoms with E-state index in [1.807, 2.05) is 24.4 Å². The molecule has 0 amide bonds. The normalized spacial score (nSPS) is 9.79. The van der Waals surface area contributed by atoms with Crippen LogP contribution in [0.4, 0.5) is 9.59 Å². The Balaban J connectivity index is -0.000000425. The average molecular weight is 678 g/mol. The molecular formula is C23H33ClN3O6Pt-2. The predicted octanol–water partition coefficient (Wildman–Crippen LogP) is 8.47. The van der Waals surface area contributed by atoms with Crippen molar-refractivity contribution in [3.05, 3.63) is 67.0 Å². The number of nitrogens with zero attached hydrogens (tertiary/aromatic N) is 1. The summed E-state index contributed by atoms with van der Waals surface area (Å²) in [5.41, 5.74) is -0.0938. The molecule has 34 heavy (non-hydrogen) atoms. The quantitative estimate of drug-likeness (QED) is 0.177. The van der Waals surface area contributed by atoms with Crippen LogP contribution in [0.5, 0.6) is 0 Å². The molecule has 0 unspecified atom stereocenters. The van der Waals surface area contributed by atoms with E-state index in [0.29, 0.717) is 0 Å². The Bertz CT molecular complexity index is 926. The summed E-state index contributed by atoms with van der Waals surface area (Å²) in [6.07, 6.45) is -0.521. The molecule has 6 N–H and O–H groups in total. The smallest absolute Gasteiger partial charge is 0.0708 e. The summed E-state index contributed by atoms with van der Waals surface area (Å²) in [5, 5.41) is 19.8. The average Bonchev–Trinajstić information content (AvgIpc) is 2.66. The van der Waals surface area contributed by atoms with Gasteiger partial charge in [-0.15, -0.1) is 0 Å². The number of carbonyl (C=O) groups is 2. The van der Waals surface area contributed by atoms with E-state index in [9.17, 15) is 9.59 Å². The molecule has 3 rings (SSSR count). The van der Waals surface area contributed by atoms with Gasteiger partial charge in [-0.1, -0.05) is 42.5 Å². The molecule has 0 aliphatic rings. The SMILES string of the molecule is CC(C)(C)OC(=O)O.CC(C)(C)OC(=O)O.[Cl][Pt].[NH2-].[NH2-].c1ccc2c(c1)cnc1ccccc12. The van der Waals surface area contributed by atoms with Crippen molar-refractivity contribution in [1.82, 2.24) is 4.98 Å². The minimum atomic E-state index is -1.22. The van der Waals surface area contributed by atoms with Gasteiger partial charge in [0.15, 0.2) is 0 Å². The van der Waals surface area contributed by atoms with E-state index in [2.05, 4.69) is 54.2 Å². The zero-order chi connectivity index (χ0) is 24.9. The zero-order valence-corrected chi connectivity index (χ0v) is 23.0. The van der Waals surface area contributed by atoms with Crippen molar-refractivity contribution in [2.75, 3.05) is 0 Å². The Hall–Kier alpha value is -2.45. The van der Waals surface area contributed by atoms with Crippen LogP contribution in [0.1, 0.15) is 41.5 Å². The number of halogens is 1. The Labute approximate surface area is 215 Å². The number of benzene rings is 2. The minimum absolute atomic E-state index is 0. The fraction of sp³-hybridized carbons (Fsp3) is 0.348. The van der Waals surface area contributed by atoms with E-state index in [1.54, 1.807) is 60.3 Å². The Kier molecular flexibility index (Phi) is 18.1. The molecule has 1 aromatic heterocycles. The van der Waals surface area contributed by atoms with Crippen LogP contribution in [0.3, 0.4) is 0 Å². The molecule has 0 aliphatic heterocycles. The van der Waals surface area contributed by atoms with Crippen LogP contribution in [0.2, 0.25) is 0 Å². The maximum Gasteiger partial charge on any atom is 0.0708 e. The molecule has 9 nitrogen and oxygen atoms in total. The van der Waals surface area contributed by atoms with E-state index >= 15 is 0 Å². The van der Waals surface area contributed by atoms with Crippen LogP contribution in [-0.2, 0) is 28.2 Å². The van der Waals surface area contributed by atoms with E-state index < -0.39 is 23.5 Å². The van der Waals surface area contributed by atoms with Gasteiger partial charge in [-0.25, -0.2) is 9.59 Å². The van der Waals surface area contributed by atoms with E-state index in [0.717, 1.165) is 5.52 Å². The minimum Gasteiger partial charge on any atom is -0.693 e. The first-order chi connectivity index (χ1) is 14.8. The molecule has 11 heteroatoms. The molecule has 1 heterocycles. The number of rotatable bonds is 0. The topological polar surface area (TPSA) is 173 Å². The number of aromatic nitrogens is 1. The summed E-state index contributed by atoms with van der Waals surface area (Å²) in [5.74, 6) is 0. The fourth-order valence-corrected chi connectivity index (χ4v) is 2.33. The first kappa shape index (κ1) is 36.1. The fourth-order valence-electron chi connectivity index (χ4n) is 2.33. The van der Waals surface area contributed by atoms with E-state index in [-0.39, 0.29) is 12.3 Å². The number of carboxylic acid groups (broad SMARTS) is 2. The monoisotopic (exact) mass is 677 g/mol. The van der Waals surface area contributed by atoms with Crippen molar-refractivity contribution in [3.8, 4) is 0 Å². The number of fused-ring (bicyclic) bond motifs is 3. The van der Waals surface area contributed by atoms with Gasteiger partial charge in [0.05, 0.1) is 5.52 Å². The standard InChI is InChI=1S/C13H9N.2C5H10O3.ClH.2H2N.Pt/c1-2-6-11-10(5-1)9-14-13-8-4-3-7-12(11)13;2*1-5(2,3)8-4(6)7;;;;/h1-9H;2*1-3H3,(H,6,7);1H;2*1H2;/q;;;;2*-1;+1/p-1. The van der Waals surface area contributed by atoms with E-state index in [4.69, 9.17) is 10.2 Å². The summed E-state index contributed by atoms with van der Waals surface area (Å²) in [7, 11) is 4.61. The van der Waals surface area contributed by atoms with Gasteiger partial charge in [0.2, 0.25) is 0 Å². The van der Waals surface area contributed by atoms with Crippen molar-refractivity contribution in [2.45, 2.75) is 52.7 Å². The summed E-state index contributed by atoms with van der Waals surface area (Å²) in [6.45, 7) is 10.1. The third-order valence-electron chi connectivity index (χ3n) is 3.28. The molecule has 0 saturated heterocycles. The second-order valence-corrected chi connectivity index (χ2v) is 8.32. The number of pyridine rings is 1. The van der Waals surface area contributed by atoms with Gasteiger partial charge in [-0.05, 0) is 53.0 Å². The van der Waals surface area contributed by atoms with Gasteiger partial charge < -0.3 is 32.0 Å². The molecule has 0 saturated carbocycles. The summed E-state index contributed by atoms with van der Waals surface area (Å²) >= 11 is 1.61. The van der Waals surface area contributed by atoms with Gasteiger partial charge in [0.25, 0.3) is 0 Å². The summed E-state index contributed by atoms with van der Waals surface area (Å²) in [6, 6.07) is 16.6. The number of nitrogens with two attached hydrogens (primary N) is 2. The molecule has 0 atom stereocenters. The van der Waals surface area contributed by atoms with Gasteiger partial charge in [-0.2, -0.15) is 0 Å². The van der Waals surface area contributed by atoms with Gasteiger partial charge in [0, 0.05) is 17.0 Å². The maximum atomic E-state index is 9.79. The number of hydrogen-bond acceptors (Lipinski definition) is 5. The van der Waals surface area contributed by atoms with Gasteiger partial charge in [-0.3, -0.25) is 4.98 Å². The van der Waals surface area contributed by atoms with Crippen molar-refractivity contribution < 1.29 is 48.0 Å². The molecule has 0 bridgehead atoms. The second-order valence-electron chi connectivity index (χ2n) is 8.32. The molecule has 0 radical (unpaired) electrons. The third kappa shape index (κ3) is 16.2. The van der Waals surface area contributed by atoms with Gasteiger partial charge in [0.1, 0.15) is 11.2 Å².